The number of amides is 2. The van der Waals surface area contributed by atoms with Crippen LogP contribution in [0.5, 0.6) is 5.75 Å². The van der Waals surface area contributed by atoms with Gasteiger partial charge in [-0.3, -0.25) is 14.4 Å². The van der Waals surface area contributed by atoms with Gasteiger partial charge in [-0.2, -0.15) is 0 Å². The molecule has 0 saturated carbocycles. The normalized spacial score (nSPS) is 24.9. The predicted octanol–water partition coefficient (Wildman–Crippen LogP) is 7.21. The predicted molar refractivity (Wildman–Crippen MR) is 236 cm³/mol. The third-order valence-corrected chi connectivity index (χ3v) is 13.6. The highest BCUT2D eigenvalue weighted by atomic mass is 35.5. The number of ether oxygens (including phenoxy) is 4. The van der Waals surface area contributed by atoms with Crippen molar-refractivity contribution in [2.75, 3.05) is 31.1 Å². The molecule has 13 heteroatoms. The van der Waals surface area contributed by atoms with E-state index in [0.29, 0.717) is 38.8 Å². The average molecular weight is 876 g/mol. The van der Waals surface area contributed by atoms with Crippen LogP contribution in [-0.2, 0) is 57.5 Å². The van der Waals surface area contributed by atoms with E-state index in [1.165, 1.54) is 19.1 Å². The number of anilines is 2. The molecule has 2 bridgehead atoms. The lowest BCUT2D eigenvalue weighted by Gasteiger charge is -2.62. The van der Waals surface area contributed by atoms with Crippen molar-refractivity contribution < 1.29 is 42.9 Å². The molecule has 2 spiro atoms. The number of hydrogen-bond acceptors (Lipinski definition) is 10. The monoisotopic (exact) mass is 875 g/mol. The Kier molecular flexibility index (Phi) is 9.84. The Morgan fingerprint density at radius 1 is 0.703 bits per heavy atom. The van der Waals surface area contributed by atoms with E-state index in [1.807, 2.05) is 79.7 Å². The Morgan fingerprint density at radius 3 is 1.94 bits per heavy atom. The summed E-state index contributed by atoms with van der Waals surface area (Å²) in [4.78, 5) is 81.6. The van der Waals surface area contributed by atoms with Crippen molar-refractivity contribution in [3.63, 3.8) is 0 Å². The maximum atomic E-state index is 16.0. The molecule has 5 aliphatic heterocycles. The zero-order chi connectivity index (χ0) is 44.7. The van der Waals surface area contributed by atoms with Crippen LogP contribution in [0.15, 0.2) is 145 Å². The van der Waals surface area contributed by atoms with E-state index in [9.17, 15) is 9.59 Å². The van der Waals surface area contributed by atoms with Crippen LogP contribution >= 0.6 is 11.6 Å². The first-order valence-corrected chi connectivity index (χ1v) is 21.2. The maximum Gasteiger partial charge on any atom is 0.355 e. The molecule has 1 fully saturated rings. The van der Waals surface area contributed by atoms with Crippen molar-refractivity contribution in [1.29, 1.82) is 0 Å². The molecule has 1 aliphatic carbocycles. The number of carbonyl (C=O) groups is 5. The van der Waals surface area contributed by atoms with Crippen LogP contribution in [0.25, 0.3) is 0 Å². The van der Waals surface area contributed by atoms with Crippen LogP contribution in [0.3, 0.4) is 0 Å². The number of esters is 2. The summed E-state index contributed by atoms with van der Waals surface area (Å²) in [6, 6.07) is 34.9. The lowest BCUT2D eigenvalue weighted by atomic mass is 9.53. The van der Waals surface area contributed by atoms with Crippen molar-refractivity contribution in [3.8, 4) is 5.75 Å². The molecule has 64 heavy (non-hydrogen) atoms. The van der Waals surface area contributed by atoms with Crippen LogP contribution in [-0.4, -0.2) is 68.0 Å². The number of carbonyl (C=O) groups excluding carboxylic acids is 5. The SMILES string of the molecule is COC(=O)C1=C(C(=O)OC)[C@@]2(O[C@H]3[C@@H]4C=C[C@H](N13)[C@]1(C(=O)N(Cc3ccccc3)c3ccc(Cl)cc31)[C@H]4C(=O)c1ccc(OC)cc1)C(=O)N(Cc1ccccc1)c1ccc(C)cc12. The standard InChI is InChI=1S/C51H42ClN3O9/c1-29-15-22-39-37(25-29)51(49(60)54(39)28-31-13-9-6-10-14-31)42(46(57)62-3)43(47(58)63-4)55-40-24-21-35(45(55)64-51)41(44(56)32-16-19-34(61-2)20-17-32)50(40)36-26-33(52)18-23-38(36)53(48(50)59)27-30-11-7-5-8-12-30/h5-26,35,40-41,45H,27-28H2,1-4H3/t35-,40+,41-,45+,50+,51-/m1/s1. The third kappa shape index (κ3) is 5.75. The van der Waals surface area contributed by atoms with Gasteiger partial charge in [0.05, 0.1) is 52.1 Å². The van der Waals surface area contributed by atoms with E-state index in [4.69, 9.17) is 30.5 Å². The number of halogens is 1. The number of aryl methyl sites for hydroxylation is 1. The first-order valence-electron chi connectivity index (χ1n) is 20.9. The van der Waals surface area contributed by atoms with E-state index < -0.39 is 64.4 Å². The van der Waals surface area contributed by atoms with Crippen LogP contribution in [0.4, 0.5) is 11.4 Å². The Labute approximate surface area is 374 Å². The van der Waals surface area contributed by atoms with E-state index in [0.717, 1.165) is 23.8 Å². The van der Waals surface area contributed by atoms with Gasteiger partial charge in [0.15, 0.2) is 5.78 Å². The molecule has 5 aromatic rings. The van der Waals surface area contributed by atoms with Gasteiger partial charge in [0.2, 0.25) is 11.5 Å². The maximum absolute atomic E-state index is 16.0. The van der Waals surface area contributed by atoms with Crippen molar-refractivity contribution in [1.82, 2.24) is 4.90 Å². The van der Waals surface area contributed by atoms with E-state index in [2.05, 4.69) is 0 Å². The third-order valence-electron chi connectivity index (χ3n) is 13.4. The highest BCUT2D eigenvalue weighted by Gasteiger charge is 2.74. The van der Waals surface area contributed by atoms with Gasteiger partial charge in [-0.25, -0.2) is 9.59 Å². The largest absolute Gasteiger partial charge is 0.497 e. The van der Waals surface area contributed by atoms with Crippen molar-refractivity contribution in [2.24, 2.45) is 11.8 Å². The van der Waals surface area contributed by atoms with Crippen LogP contribution in [0.1, 0.15) is 38.2 Å². The number of ketones is 1. The zero-order valence-electron chi connectivity index (χ0n) is 35.3. The van der Waals surface area contributed by atoms with Gasteiger partial charge < -0.3 is 33.6 Å². The first kappa shape index (κ1) is 41.0. The Hall–Kier alpha value is -7.02. The van der Waals surface area contributed by atoms with Crippen LogP contribution in [0.2, 0.25) is 5.02 Å². The molecular weight excluding hydrogens is 834 g/mol. The van der Waals surface area contributed by atoms with Gasteiger partial charge in [-0.1, -0.05) is 102 Å². The van der Waals surface area contributed by atoms with Gasteiger partial charge >= 0.3 is 11.9 Å². The smallest absolute Gasteiger partial charge is 0.355 e. The molecule has 2 amide bonds. The van der Waals surface area contributed by atoms with Gasteiger partial charge in [-0.05, 0) is 72.1 Å². The number of methoxy groups -OCH3 is 3. The minimum absolute atomic E-state index is 0.105. The quantitative estimate of drug-likeness (QED) is 0.0851. The second-order valence-electron chi connectivity index (χ2n) is 16.6. The van der Waals surface area contributed by atoms with E-state index in [1.54, 1.807) is 70.5 Å². The van der Waals surface area contributed by atoms with Gasteiger partial charge in [0.25, 0.3) is 5.91 Å². The molecule has 322 valence electrons. The molecule has 0 unspecified atom stereocenters. The molecule has 6 aliphatic rings. The molecule has 12 nitrogen and oxygen atoms in total. The van der Waals surface area contributed by atoms with Gasteiger partial charge in [0.1, 0.15) is 28.7 Å². The minimum Gasteiger partial charge on any atom is -0.497 e. The van der Waals surface area contributed by atoms with Crippen LogP contribution in [0, 0.1) is 18.8 Å². The van der Waals surface area contributed by atoms with Gasteiger partial charge in [-0.15, -0.1) is 0 Å². The Balaban J connectivity index is 1.25. The summed E-state index contributed by atoms with van der Waals surface area (Å²) in [5, 5.41) is 0.319. The molecule has 1 saturated heterocycles. The highest BCUT2D eigenvalue weighted by molar-refractivity contribution is 6.31. The molecular formula is C51H42ClN3O9. The highest BCUT2D eigenvalue weighted by Crippen LogP contribution is 2.64. The first-order chi connectivity index (χ1) is 31.0. The van der Waals surface area contributed by atoms with Gasteiger partial charge in [0, 0.05) is 27.8 Å². The summed E-state index contributed by atoms with van der Waals surface area (Å²) in [5.74, 6) is -5.13. The number of fused-ring (bicyclic) bond motifs is 3. The molecule has 0 aromatic heterocycles. The molecule has 0 N–H and O–H groups in total. The van der Waals surface area contributed by atoms with Crippen molar-refractivity contribution in [2.45, 2.75) is 43.3 Å². The number of hydrogen-bond donors (Lipinski definition) is 0. The summed E-state index contributed by atoms with van der Waals surface area (Å²) >= 11 is 6.84. The second-order valence-corrected chi connectivity index (χ2v) is 17.0. The van der Waals surface area contributed by atoms with Crippen molar-refractivity contribution >= 4 is 52.5 Å². The Morgan fingerprint density at radius 2 is 1.31 bits per heavy atom. The fourth-order valence-corrected chi connectivity index (χ4v) is 10.9. The molecule has 5 aromatic carbocycles. The average Bonchev–Trinajstić information content (AvgIpc) is 3.67. The molecule has 6 atom stereocenters. The topological polar surface area (TPSA) is 132 Å². The second kappa shape index (κ2) is 15.4. The Bertz CT molecular complexity index is 2850. The fraction of sp³-hybridized carbons (Fsp3) is 0.235. The summed E-state index contributed by atoms with van der Waals surface area (Å²) in [6.07, 6.45) is 2.32. The number of rotatable bonds is 9. The van der Waals surface area contributed by atoms with Crippen LogP contribution < -0.4 is 14.5 Å². The lowest BCUT2D eigenvalue weighted by molar-refractivity contribution is -0.216. The summed E-state index contributed by atoms with van der Waals surface area (Å²) in [5.41, 5.74) is -0.307. The summed E-state index contributed by atoms with van der Waals surface area (Å²) < 4.78 is 23.8. The number of Topliss-reactive ketones (excluding diaryl/α,β-unsaturated/α-hetero) is 1. The van der Waals surface area contributed by atoms with E-state index in [-0.39, 0.29) is 24.6 Å². The summed E-state index contributed by atoms with van der Waals surface area (Å²) in [7, 11) is 3.87. The zero-order valence-corrected chi connectivity index (χ0v) is 36.1. The fourth-order valence-electron chi connectivity index (χ4n) is 10.7. The number of piperidine rings is 1. The molecule has 0 radical (unpaired) electrons. The molecule has 11 rings (SSSR count). The molecule has 5 heterocycles. The lowest BCUT2D eigenvalue weighted by Crippen LogP contribution is -2.75. The number of nitrogens with zero attached hydrogens (tertiary/aromatic N) is 3. The minimum atomic E-state index is -2.26. The number of benzene rings is 5. The van der Waals surface area contributed by atoms with E-state index >= 15 is 14.4 Å². The summed E-state index contributed by atoms with van der Waals surface area (Å²) in [6.45, 7) is 2.11. The van der Waals surface area contributed by atoms with Crippen molar-refractivity contribution in [3.05, 3.63) is 183 Å².